The summed E-state index contributed by atoms with van der Waals surface area (Å²) in [6.07, 6.45) is 2.24. The molecule has 0 heterocycles. The van der Waals surface area contributed by atoms with Crippen LogP contribution in [0, 0.1) is 17.6 Å². The smallest absolute Gasteiger partial charge is 0.163 e. The standard InChI is InChI=1S/C16H25F2NO/c1-4-7-12(3)10-20-11-15(19-5-2)13-8-6-9-14(17)16(13)18/h6,8-9,12,15,19H,4-5,7,10-11H2,1-3H3. The fraction of sp³-hybridized carbons (Fsp3) is 0.625. The average Bonchev–Trinajstić information content (AvgIpc) is 2.41. The molecule has 0 saturated carbocycles. The van der Waals surface area contributed by atoms with E-state index in [9.17, 15) is 8.78 Å². The summed E-state index contributed by atoms with van der Waals surface area (Å²) in [5.74, 6) is -1.12. The number of nitrogens with one attached hydrogen (secondary N) is 1. The van der Waals surface area contributed by atoms with E-state index in [0.717, 1.165) is 18.9 Å². The molecule has 0 aromatic heterocycles. The Kier molecular flexibility index (Phi) is 7.70. The lowest BCUT2D eigenvalue weighted by atomic mass is 10.1. The van der Waals surface area contributed by atoms with Crippen LogP contribution in [0.15, 0.2) is 18.2 Å². The quantitative estimate of drug-likeness (QED) is 0.738. The Morgan fingerprint density at radius 3 is 2.60 bits per heavy atom. The fourth-order valence-corrected chi connectivity index (χ4v) is 2.26. The van der Waals surface area contributed by atoms with E-state index in [1.54, 1.807) is 6.07 Å². The van der Waals surface area contributed by atoms with Gasteiger partial charge in [-0.3, -0.25) is 0 Å². The lowest BCUT2D eigenvalue weighted by molar-refractivity contribution is 0.0827. The summed E-state index contributed by atoms with van der Waals surface area (Å²) in [5, 5.41) is 3.14. The van der Waals surface area contributed by atoms with Crippen molar-refractivity contribution in [2.45, 2.75) is 39.7 Å². The van der Waals surface area contributed by atoms with Gasteiger partial charge in [-0.2, -0.15) is 0 Å². The molecule has 0 fully saturated rings. The van der Waals surface area contributed by atoms with Gasteiger partial charge in [-0.1, -0.05) is 39.3 Å². The van der Waals surface area contributed by atoms with Gasteiger partial charge in [-0.05, 0) is 24.9 Å². The zero-order valence-corrected chi connectivity index (χ0v) is 12.6. The van der Waals surface area contributed by atoms with E-state index >= 15 is 0 Å². The summed E-state index contributed by atoms with van der Waals surface area (Å²) in [6, 6.07) is 3.94. The highest BCUT2D eigenvalue weighted by atomic mass is 19.2. The first-order valence-corrected chi connectivity index (χ1v) is 7.35. The van der Waals surface area contributed by atoms with Gasteiger partial charge in [0.1, 0.15) is 0 Å². The lowest BCUT2D eigenvalue weighted by Gasteiger charge is -2.20. The topological polar surface area (TPSA) is 21.3 Å². The van der Waals surface area contributed by atoms with Crippen LogP contribution in [0.25, 0.3) is 0 Å². The van der Waals surface area contributed by atoms with Gasteiger partial charge in [-0.25, -0.2) is 8.78 Å². The molecule has 1 N–H and O–H groups in total. The van der Waals surface area contributed by atoms with E-state index in [4.69, 9.17) is 4.74 Å². The second kappa shape index (κ2) is 9.03. The maximum atomic E-state index is 13.8. The molecule has 0 bridgehead atoms. The molecule has 1 rings (SSSR count). The number of hydrogen-bond acceptors (Lipinski definition) is 2. The van der Waals surface area contributed by atoms with E-state index < -0.39 is 11.6 Å². The Bertz CT molecular complexity index is 398. The minimum absolute atomic E-state index is 0.315. The van der Waals surface area contributed by atoms with Gasteiger partial charge in [0.15, 0.2) is 11.6 Å². The highest BCUT2D eigenvalue weighted by molar-refractivity contribution is 5.22. The van der Waals surface area contributed by atoms with Crippen LogP contribution in [0.2, 0.25) is 0 Å². The van der Waals surface area contributed by atoms with E-state index in [2.05, 4.69) is 19.2 Å². The third-order valence-electron chi connectivity index (χ3n) is 3.28. The van der Waals surface area contributed by atoms with Crippen molar-refractivity contribution >= 4 is 0 Å². The summed E-state index contributed by atoms with van der Waals surface area (Å²) in [4.78, 5) is 0. The summed E-state index contributed by atoms with van der Waals surface area (Å²) >= 11 is 0. The van der Waals surface area contributed by atoms with Gasteiger partial charge in [-0.15, -0.1) is 0 Å². The van der Waals surface area contributed by atoms with Crippen LogP contribution in [-0.2, 0) is 4.74 Å². The lowest BCUT2D eigenvalue weighted by Crippen LogP contribution is -2.27. The molecular weight excluding hydrogens is 260 g/mol. The van der Waals surface area contributed by atoms with Gasteiger partial charge in [0.2, 0.25) is 0 Å². The minimum Gasteiger partial charge on any atom is -0.379 e. The molecule has 2 atom stereocenters. The molecule has 114 valence electrons. The summed E-state index contributed by atoms with van der Waals surface area (Å²) in [7, 11) is 0. The molecule has 0 amide bonds. The van der Waals surface area contributed by atoms with Crippen molar-refractivity contribution in [2.75, 3.05) is 19.8 Å². The Balaban J connectivity index is 2.62. The van der Waals surface area contributed by atoms with E-state index in [0.29, 0.717) is 31.2 Å². The highest BCUT2D eigenvalue weighted by Gasteiger charge is 2.17. The van der Waals surface area contributed by atoms with Gasteiger partial charge in [0.25, 0.3) is 0 Å². The SMILES string of the molecule is CCCC(C)COCC(NCC)c1cccc(F)c1F. The third-order valence-corrected chi connectivity index (χ3v) is 3.28. The molecule has 1 aromatic carbocycles. The average molecular weight is 285 g/mol. The van der Waals surface area contributed by atoms with Crippen molar-refractivity contribution in [1.29, 1.82) is 0 Å². The number of rotatable bonds is 9. The maximum Gasteiger partial charge on any atom is 0.163 e. The van der Waals surface area contributed by atoms with Crippen molar-refractivity contribution < 1.29 is 13.5 Å². The molecule has 0 aliphatic carbocycles. The van der Waals surface area contributed by atoms with Crippen molar-refractivity contribution in [2.24, 2.45) is 5.92 Å². The van der Waals surface area contributed by atoms with Crippen molar-refractivity contribution in [3.8, 4) is 0 Å². The van der Waals surface area contributed by atoms with E-state index in [1.807, 2.05) is 6.92 Å². The van der Waals surface area contributed by atoms with E-state index in [1.165, 1.54) is 6.07 Å². The first kappa shape index (κ1) is 17.1. The predicted molar refractivity (Wildman–Crippen MR) is 77.7 cm³/mol. The zero-order chi connectivity index (χ0) is 15.0. The second-order valence-corrected chi connectivity index (χ2v) is 5.18. The highest BCUT2D eigenvalue weighted by Crippen LogP contribution is 2.20. The van der Waals surface area contributed by atoms with Crippen molar-refractivity contribution in [3.05, 3.63) is 35.4 Å². The molecule has 1 aromatic rings. The molecule has 0 aliphatic rings. The molecule has 20 heavy (non-hydrogen) atoms. The van der Waals surface area contributed by atoms with Crippen LogP contribution in [0.3, 0.4) is 0 Å². The normalized spacial score (nSPS) is 14.2. The summed E-state index contributed by atoms with van der Waals surface area (Å²) < 4.78 is 32.8. The van der Waals surface area contributed by atoms with Crippen molar-refractivity contribution in [3.63, 3.8) is 0 Å². The summed E-state index contributed by atoms with van der Waals surface area (Å²) in [6.45, 7) is 7.88. The molecule has 0 saturated heterocycles. The molecular formula is C16H25F2NO. The molecule has 2 nitrogen and oxygen atoms in total. The fourth-order valence-electron chi connectivity index (χ4n) is 2.26. The number of benzene rings is 1. The first-order valence-electron chi connectivity index (χ1n) is 7.35. The van der Waals surface area contributed by atoms with Crippen LogP contribution in [0.5, 0.6) is 0 Å². The largest absolute Gasteiger partial charge is 0.379 e. The predicted octanol–water partition coefficient (Wildman–Crippen LogP) is 4.07. The minimum atomic E-state index is -0.815. The van der Waals surface area contributed by atoms with Crippen LogP contribution >= 0.6 is 0 Å². The molecule has 2 unspecified atom stereocenters. The third kappa shape index (κ3) is 5.17. The molecule has 0 spiro atoms. The maximum absolute atomic E-state index is 13.8. The van der Waals surface area contributed by atoms with Gasteiger partial charge in [0, 0.05) is 12.2 Å². The monoisotopic (exact) mass is 285 g/mol. The van der Waals surface area contributed by atoms with Gasteiger partial charge >= 0.3 is 0 Å². The Morgan fingerprint density at radius 2 is 1.95 bits per heavy atom. The van der Waals surface area contributed by atoms with Crippen LogP contribution in [-0.4, -0.2) is 19.8 Å². The molecule has 0 radical (unpaired) electrons. The Labute approximate surface area is 120 Å². The van der Waals surface area contributed by atoms with E-state index in [-0.39, 0.29) is 6.04 Å². The van der Waals surface area contributed by atoms with Crippen molar-refractivity contribution in [1.82, 2.24) is 5.32 Å². The number of halogens is 2. The molecule has 4 heteroatoms. The Hall–Kier alpha value is -1.00. The first-order chi connectivity index (χ1) is 9.60. The second-order valence-electron chi connectivity index (χ2n) is 5.18. The van der Waals surface area contributed by atoms with Gasteiger partial charge < -0.3 is 10.1 Å². The number of hydrogen-bond donors (Lipinski definition) is 1. The van der Waals surface area contributed by atoms with Crippen LogP contribution in [0.1, 0.15) is 45.2 Å². The van der Waals surface area contributed by atoms with Gasteiger partial charge in [0.05, 0.1) is 12.6 Å². The summed E-state index contributed by atoms with van der Waals surface area (Å²) in [5.41, 5.74) is 0.329. The number of likely N-dealkylation sites (N-methyl/N-ethyl adjacent to an activating group) is 1. The van der Waals surface area contributed by atoms with Crippen LogP contribution < -0.4 is 5.32 Å². The molecule has 0 aliphatic heterocycles. The zero-order valence-electron chi connectivity index (χ0n) is 12.6. The number of ether oxygens (including phenoxy) is 1. The Morgan fingerprint density at radius 1 is 1.20 bits per heavy atom. The van der Waals surface area contributed by atoms with Crippen LogP contribution in [0.4, 0.5) is 8.78 Å².